The van der Waals surface area contributed by atoms with Crippen LogP contribution >= 0.6 is 11.3 Å². The maximum Gasteiger partial charge on any atom is 0.414 e. The lowest BCUT2D eigenvalue weighted by molar-refractivity contribution is 0.0639. The second-order valence-electron chi connectivity index (χ2n) is 13.3. The van der Waals surface area contributed by atoms with Crippen molar-refractivity contribution in [2.24, 2.45) is 11.8 Å². The summed E-state index contributed by atoms with van der Waals surface area (Å²) >= 11 is 1.52. The van der Waals surface area contributed by atoms with Gasteiger partial charge in [-0.3, -0.25) is 9.97 Å². The predicted octanol–water partition coefficient (Wildman–Crippen LogP) is 6.80. The first-order valence-corrected chi connectivity index (χ1v) is 19.1. The Kier molecular flexibility index (Phi) is 8.16. The van der Waals surface area contributed by atoms with Crippen molar-refractivity contribution in [3.63, 3.8) is 0 Å². The lowest BCUT2D eigenvalue weighted by atomic mass is 9.89. The lowest BCUT2D eigenvalue weighted by Crippen LogP contribution is -2.17. The number of aryl methyl sites for hydroxylation is 2. The number of ether oxygens (including phenoxy) is 2. The van der Waals surface area contributed by atoms with Crippen molar-refractivity contribution in [3.05, 3.63) is 59.3 Å². The largest absolute Gasteiger partial charge is 0.452 e. The number of hydrogen-bond donors (Lipinski definition) is 1. The molecule has 5 aromatic rings. The fourth-order valence-corrected chi connectivity index (χ4v) is 10.9. The van der Waals surface area contributed by atoms with Crippen LogP contribution < -0.4 is 10.1 Å². The zero-order chi connectivity index (χ0) is 33.0. The van der Waals surface area contributed by atoms with E-state index in [-0.39, 0.29) is 40.5 Å². The first-order chi connectivity index (χ1) is 23.3. The van der Waals surface area contributed by atoms with Gasteiger partial charge in [0.1, 0.15) is 5.82 Å². The SMILES string of the molecule is COc1nnc(-c2c(CCC3CCOCC3)nc3c(c2-c2cc4ccnc(N[C@@H]5CCc6ncccc65)c4s2)S(=O)(=O)C[C@@H]3C(C)C)o1. The van der Waals surface area contributed by atoms with Gasteiger partial charge in [0.25, 0.3) is 5.89 Å². The van der Waals surface area contributed by atoms with Crippen LogP contribution in [0.25, 0.3) is 32.0 Å². The molecule has 2 atom stereocenters. The van der Waals surface area contributed by atoms with Gasteiger partial charge in [-0.2, -0.15) is 0 Å². The van der Waals surface area contributed by atoms with E-state index in [1.54, 1.807) is 6.20 Å². The number of anilines is 1. The minimum atomic E-state index is -3.69. The van der Waals surface area contributed by atoms with Crippen LogP contribution in [0.2, 0.25) is 0 Å². The molecule has 7 heterocycles. The number of methoxy groups -OCH3 is 1. The van der Waals surface area contributed by atoms with Gasteiger partial charge < -0.3 is 19.2 Å². The van der Waals surface area contributed by atoms with Gasteiger partial charge in [0.05, 0.1) is 45.5 Å². The molecule has 5 aromatic heterocycles. The third kappa shape index (κ3) is 5.55. The van der Waals surface area contributed by atoms with Crippen molar-refractivity contribution in [1.82, 2.24) is 25.1 Å². The maximum absolute atomic E-state index is 14.2. The van der Waals surface area contributed by atoms with Crippen molar-refractivity contribution in [1.29, 1.82) is 0 Å². The fourth-order valence-electron chi connectivity index (χ4n) is 7.45. The highest BCUT2D eigenvalue weighted by Crippen LogP contribution is 2.51. The summed E-state index contributed by atoms with van der Waals surface area (Å²) in [5.74, 6) is 1.34. The Balaban J connectivity index is 1.32. The zero-order valence-electron chi connectivity index (χ0n) is 27.2. The third-order valence-corrected chi connectivity index (χ3v) is 13.0. The number of nitrogens with one attached hydrogen (secondary N) is 1. The van der Waals surface area contributed by atoms with Gasteiger partial charge in [-0.1, -0.05) is 25.0 Å². The van der Waals surface area contributed by atoms with Gasteiger partial charge in [-0.25, -0.2) is 13.4 Å². The van der Waals surface area contributed by atoms with Gasteiger partial charge >= 0.3 is 6.08 Å². The van der Waals surface area contributed by atoms with E-state index in [1.807, 2.05) is 18.3 Å². The molecule has 0 bridgehead atoms. The summed E-state index contributed by atoms with van der Waals surface area (Å²) in [6.45, 7) is 5.64. The van der Waals surface area contributed by atoms with Crippen LogP contribution in [0.5, 0.6) is 6.08 Å². The molecule has 1 aliphatic carbocycles. The summed E-state index contributed by atoms with van der Waals surface area (Å²) < 4.78 is 46.2. The Hall–Kier alpha value is -3.94. The number of sulfone groups is 1. The fraction of sp³-hybridized carbons (Fsp3) is 0.457. The van der Waals surface area contributed by atoms with Gasteiger partial charge in [0.15, 0.2) is 9.84 Å². The minimum absolute atomic E-state index is 0.00750. The molecule has 1 saturated heterocycles. The summed E-state index contributed by atoms with van der Waals surface area (Å²) in [4.78, 5) is 15.6. The van der Waals surface area contributed by atoms with Crippen molar-refractivity contribution in [2.75, 3.05) is 31.4 Å². The minimum Gasteiger partial charge on any atom is -0.452 e. The lowest BCUT2D eigenvalue weighted by Gasteiger charge is -2.23. The van der Waals surface area contributed by atoms with E-state index in [4.69, 9.17) is 23.9 Å². The normalized spacial score (nSPS) is 20.3. The van der Waals surface area contributed by atoms with E-state index in [9.17, 15) is 8.42 Å². The van der Waals surface area contributed by atoms with Crippen molar-refractivity contribution >= 4 is 37.1 Å². The van der Waals surface area contributed by atoms with Crippen molar-refractivity contribution in [3.8, 4) is 28.0 Å². The van der Waals surface area contributed by atoms with Gasteiger partial charge in [-0.05, 0) is 79.5 Å². The number of hydrogen-bond acceptors (Lipinski definition) is 12. The van der Waals surface area contributed by atoms with Crippen molar-refractivity contribution in [2.45, 2.75) is 69.2 Å². The highest BCUT2D eigenvalue weighted by atomic mass is 32.2. The second kappa shape index (κ2) is 12.5. The second-order valence-corrected chi connectivity index (χ2v) is 16.3. The quantitative estimate of drug-likeness (QED) is 0.175. The topological polar surface area (TPSA) is 142 Å². The highest BCUT2D eigenvalue weighted by Gasteiger charge is 2.43. The molecule has 1 N–H and O–H groups in total. The highest BCUT2D eigenvalue weighted by molar-refractivity contribution is 7.92. The van der Waals surface area contributed by atoms with Crippen LogP contribution in [0.15, 0.2) is 46.0 Å². The molecule has 0 aromatic carbocycles. The smallest absolute Gasteiger partial charge is 0.414 e. The van der Waals surface area contributed by atoms with Crippen molar-refractivity contribution < 1.29 is 22.3 Å². The third-order valence-electron chi connectivity index (χ3n) is 10.0. The van der Waals surface area contributed by atoms with Crippen LogP contribution in [0.4, 0.5) is 5.82 Å². The number of fused-ring (bicyclic) bond motifs is 3. The summed E-state index contributed by atoms with van der Waals surface area (Å²) in [6, 6.07) is 8.21. The van der Waals surface area contributed by atoms with Crippen LogP contribution in [0, 0.1) is 11.8 Å². The maximum atomic E-state index is 14.2. The first kappa shape index (κ1) is 31.3. The molecule has 0 saturated carbocycles. The Labute approximate surface area is 283 Å². The summed E-state index contributed by atoms with van der Waals surface area (Å²) in [5.41, 5.74) is 4.86. The van der Waals surface area contributed by atoms with Gasteiger partial charge in [0, 0.05) is 47.7 Å². The number of thiophene rings is 1. The van der Waals surface area contributed by atoms with Crippen LogP contribution in [0.1, 0.15) is 74.1 Å². The number of nitrogens with zero attached hydrogens (tertiary/aromatic N) is 5. The standard InChI is InChI=1S/C35H38N6O5S2/c1-19(2)23-18-48(42,43)32-29(27-17-21-10-14-37-33(31(21)47-27)39-25-9-8-24-22(25)5-4-13-36-24)28(34-40-41-35(44-3)46-34)26(38-30(23)32)7-6-20-11-15-45-16-12-20/h4-5,10,13-14,17,19-20,23,25H,6-9,11-12,15-16,18H2,1-3H3,(H,37,39)/t23-,25-/m1/s1. The Morgan fingerprint density at radius 3 is 2.73 bits per heavy atom. The van der Waals surface area contributed by atoms with Gasteiger partial charge in [-0.15, -0.1) is 16.4 Å². The molecule has 8 rings (SSSR count). The molecular formula is C35H38N6O5S2. The zero-order valence-corrected chi connectivity index (χ0v) is 28.9. The molecule has 0 spiro atoms. The van der Waals surface area contributed by atoms with Crippen LogP contribution in [0.3, 0.4) is 0 Å². The monoisotopic (exact) mass is 686 g/mol. The Morgan fingerprint density at radius 2 is 1.94 bits per heavy atom. The average molecular weight is 687 g/mol. The number of pyridine rings is 3. The predicted molar refractivity (Wildman–Crippen MR) is 183 cm³/mol. The number of rotatable bonds is 9. The van der Waals surface area contributed by atoms with E-state index in [2.05, 4.69) is 46.5 Å². The van der Waals surface area contributed by atoms with Crippen LogP contribution in [-0.2, 0) is 27.4 Å². The molecule has 0 amide bonds. The summed E-state index contributed by atoms with van der Waals surface area (Å²) in [5, 5.41) is 13.1. The Bertz CT molecular complexity index is 2100. The summed E-state index contributed by atoms with van der Waals surface area (Å²) in [6.07, 6.45) is 9.00. The van der Waals surface area contributed by atoms with E-state index in [0.717, 1.165) is 77.5 Å². The molecule has 11 nitrogen and oxygen atoms in total. The van der Waals surface area contributed by atoms with E-state index in [0.29, 0.717) is 29.2 Å². The van der Waals surface area contributed by atoms with E-state index >= 15 is 0 Å². The van der Waals surface area contributed by atoms with E-state index in [1.165, 1.54) is 24.0 Å². The summed E-state index contributed by atoms with van der Waals surface area (Å²) in [7, 11) is -2.22. The molecule has 3 aliphatic rings. The molecule has 48 heavy (non-hydrogen) atoms. The molecule has 250 valence electrons. The molecular weight excluding hydrogens is 649 g/mol. The molecule has 2 aliphatic heterocycles. The van der Waals surface area contributed by atoms with Crippen LogP contribution in [-0.4, -0.2) is 59.6 Å². The average Bonchev–Trinajstić information content (AvgIpc) is 3.89. The first-order valence-electron chi connectivity index (χ1n) is 16.6. The van der Waals surface area contributed by atoms with E-state index < -0.39 is 9.84 Å². The molecule has 0 radical (unpaired) electrons. The van der Waals surface area contributed by atoms with Gasteiger partial charge in [0.2, 0.25) is 0 Å². The number of aromatic nitrogens is 5. The Morgan fingerprint density at radius 1 is 1.08 bits per heavy atom. The molecule has 13 heteroatoms. The molecule has 0 unspecified atom stereocenters. The molecule has 1 fully saturated rings.